The predicted octanol–water partition coefficient (Wildman–Crippen LogP) is 3.03. The number of halogens is 1. The number of benzene rings is 2. The number of phenols is 1. The van der Waals surface area contributed by atoms with Gasteiger partial charge in [0, 0.05) is 6.07 Å². The highest BCUT2D eigenvalue weighted by molar-refractivity contribution is 7.92. The van der Waals surface area contributed by atoms with E-state index >= 15 is 0 Å². The van der Waals surface area contributed by atoms with E-state index in [1.54, 1.807) is 0 Å². The van der Waals surface area contributed by atoms with Gasteiger partial charge in [0.15, 0.2) is 0 Å². The molecule has 6 heteroatoms. The van der Waals surface area contributed by atoms with E-state index in [4.69, 9.17) is 11.6 Å². The van der Waals surface area contributed by atoms with Crippen molar-refractivity contribution in [3.63, 3.8) is 0 Å². The van der Waals surface area contributed by atoms with Gasteiger partial charge in [-0.05, 0) is 24.1 Å². The van der Waals surface area contributed by atoms with E-state index in [-0.39, 0.29) is 22.2 Å². The quantitative estimate of drug-likeness (QED) is 0.834. The monoisotopic (exact) mass is 311 g/mol. The standard InChI is InChI=1S/C14H14ClNO3S/c15-13-10-12(17)6-7-14(13)16-20(18,19)9-8-11-4-2-1-3-5-11/h1-7,10,16-17H,8-9H2. The van der Waals surface area contributed by atoms with Crippen LogP contribution in [0.15, 0.2) is 48.5 Å². The van der Waals surface area contributed by atoms with Crippen molar-refractivity contribution in [3.8, 4) is 5.75 Å². The van der Waals surface area contributed by atoms with Gasteiger partial charge in [-0.1, -0.05) is 41.9 Å². The lowest BCUT2D eigenvalue weighted by Crippen LogP contribution is -2.18. The zero-order valence-electron chi connectivity index (χ0n) is 10.6. The summed E-state index contributed by atoms with van der Waals surface area (Å²) >= 11 is 5.87. The van der Waals surface area contributed by atoms with E-state index in [0.29, 0.717) is 6.42 Å². The van der Waals surface area contributed by atoms with Gasteiger partial charge in [0.25, 0.3) is 0 Å². The molecule has 0 atom stereocenters. The molecule has 2 rings (SSSR count). The Morgan fingerprint density at radius 3 is 2.45 bits per heavy atom. The second-order valence-corrected chi connectivity index (χ2v) is 6.57. The highest BCUT2D eigenvalue weighted by Gasteiger charge is 2.13. The maximum atomic E-state index is 12.0. The summed E-state index contributed by atoms with van der Waals surface area (Å²) in [6.07, 6.45) is 0.422. The molecule has 0 amide bonds. The van der Waals surface area contributed by atoms with Gasteiger partial charge in [0.2, 0.25) is 10.0 Å². The van der Waals surface area contributed by atoms with Crippen molar-refractivity contribution in [2.45, 2.75) is 6.42 Å². The second kappa shape index (κ2) is 6.15. The van der Waals surface area contributed by atoms with E-state index in [1.807, 2.05) is 30.3 Å². The molecule has 2 aromatic carbocycles. The van der Waals surface area contributed by atoms with Crippen molar-refractivity contribution in [2.24, 2.45) is 0 Å². The Balaban J connectivity index is 2.04. The van der Waals surface area contributed by atoms with E-state index in [1.165, 1.54) is 18.2 Å². The zero-order chi connectivity index (χ0) is 14.6. The van der Waals surface area contributed by atoms with Gasteiger partial charge < -0.3 is 5.11 Å². The maximum Gasteiger partial charge on any atom is 0.233 e. The summed E-state index contributed by atoms with van der Waals surface area (Å²) in [6.45, 7) is 0. The van der Waals surface area contributed by atoms with Gasteiger partial charge in [-0.25, -0.2) is 8.42 Å². The van der Waals surface area contributed by atoms with Crippen molar-refractivity contribution in [2.75, 3.05) is 10.5 Å². The lowest BCUT2D eigenvalue weighted by molar-refractivity contribution is 0.475. The number of anilines is 1. The Bertz CT molecular complexity index is 687. The largest absolute Gasteiger partial charge is 0.508 e. The molecule has 0 fully saturated rings. The maximum absolute atomic E-state index is 12.0. The Morgan fingerprint density at radius 1 is 1.10 bits per heavy atom. The molecule has 0 aliphatic rings. The first-order chi connectivity index (χ1) is 9.46. The first kappa shape index (κ1) is 14.7. The fourth-order valence-corrected chi connectivity index (χ4v) is 3.10. The molecule has 0 unspecified atom stereocenters. The van der Waals surface area contributed by atoms with Crippen molar-refractivity contribution in [1.29, 1.82) is 0 Å². The summed E-state index contributed by atoms with van der Waals surface area (Å²) in [5, 5.41) is 9.39. The van der Waals surface area contributed by atoms with Crippen molar-refractivity contribution in [3.05, 3.63) is 59.1 Å². The van der Waals surface area contributed by atoms with Crippen LogP contribution in [0.5, 0.6) is 5.75 Å². The van der Waals surface area contributed by atoms with Crippen LogP contribution in [-0.2, 0) is 16.4 Å². The van der Waals surface area contributed by atoms with Crippen LogP contribution in [0.2, 0.25) is 5.02 Å². The number of aromatic hydroxyl groups is 1. The van der Waals surface area contributed by atoms with Crippen molar-refractivity contribution >= 4 is 27.3 Å². The first-order valence-corrected chi connectivity index (χ1v) is 8.02. The number of rotatable bonds is 5. The molecule has 0 saturated heterocycles. The second-order valence-electron chi connectivity index (χ2n) is 4.32. The fourth-order valence-electron chi connectivity index (χ4n) is 1.70. The molecule has 2 aromatic rings. The van der Waals surface area contributed by atoms with E-state index in [9.17, 15) is 13.5 Å². The smallest absolute Gasteiger partial charge is 0.233 e. The third kappa shape index (κ3) is 4.15. The normalized spacial score (nSPS) is 11.2. The Morgan fingerprint density at radius 2 is 1.80 bits per heavy atom. The molecule has 106 valence electrons. The van der Waals surface area contributed by atoms with Gasteiger partial charge in [0.1, 0.15) is 5.75 Å². The molecule has 0 saturated carbocycles. The van der Waals surface area contributed by atoms with E-state index in [2.05, 4.69) is 4.72 Å². The molecule has 0 aromatic heterocycles. The molecular weight excluding hydrogens is 298 g/mol. The lowest BCUT2D eigenvalue weighted by atomic mass is 10.2. The molecule has 0 bridgehead atoms. The lowest BCUT2D eigenvalue weighted by Gasteiger charge is -2.09. The summed E-state index contributed by atoms with van der Waals surface area (Å²) < 4.78 is 26.4. The first-order valence-electron chi connectivity index (χ1n) is 5.99. The van der Waals surface area contributed by atoms with Crippen LogP contribution in [0.4, 0.5) is 5.69 Å². The molecule has 0 aliphatic carbocycles. The summed E-state index contributed by atoms with van der Waals surface area (Å²) in [6, 6.07) is 13.5. The number of aryl methyl sites for hydroxylation is 1. The van der Waals surface area contributed by atoms with E-state index < -0.39 is 10.0 Å². The molecule has 4 nitrogen and oxygen atoms in total. The van der Waals surface area contributed by atoms with Crippen LogP contribution in [0.1, 0.15) is 5.56 Å². The van der Waals surface area contributed by atoms with Crippen LogP contribution in [-0.4, -0.2) is 19.3 Å². The minimum atomic E-state index is -3.48. The van der Waals surface area contributed by atoms with Gasteiger partial charge >= 0.3 is 0 Å². The predicted molar refractivity (Wildman–Crippen MR) is 80.7 cm³/mol. The van der Waals surface area contributed by atoms with Crippen LogP contribution in [0.25, 0.3) is 0 Å². The van der Waals surface area contributed by atoms with Crippen molar-refractivity contribution in [1.82, 2.24) is 0 Å². The Hall–Kier alpha value is -1.72. The average Bonchev–Trinajstić information content (AvgIpc) is 2.41. The van der Waals surface area contributed by atoms with Crippen LogP contribution < -0.4 is 4.72 Å². The highest BCUT2D eigenvalue weighted by atomic mass is 35.5. The molecule has 0 spiro atoms. The van der Waals surface area contributed by atoms with Gasteiger partial charge in [-0.15, -0.1) is 0 Å². The van der Waals surface area contributed by atoms with Crippen LogP contribution in [0.3, 0.4) is 0 Å². The fraction of sp³-hybridized carbons (Fsp3) is 0.143. The number of sulfonamides is 1. The van der Waals surface area contributed by atoms with E-state index in [0.717, 1.165) is 5.56 Å². The third-order valence-electron chi connectivity index (χ3n) is 2.72. The molecule has 0 aliphatic heterocycles. The number of hydrogen-bond acceptors (Lipinski definition) is 3. The summed E-state index contributed by atoms with van der Waals surface area (Å²) in [5.74, 6) is -0.0453. The molecule has 0 radical (unpaired) electrons. The molecule has 0 heterocycles. The van der Waals surface area contributed by atoms with Gasteiger partial charge in [-0.3, -0.25) is 4.72 Å². The third-order valence-corrected chi connectivity index (χ3v) is 4.31. The summed E-state index contributed by atoms with van der Waals surface area (Å²) in [5.41, 5.74) is 1.22. The number of hydrogen-bond donors (Lipinski definition) is 2. The molecule has 2 N–H and O–H groups in total. The number of phenolic OH excluding ortho intramolecular Hbond substituents is 1. The number of nitrogens with one attached hydrogen (secondary N) is 1. The SMILES string of the molecule is O=S(=O)(CCc1ccccc1)Nc1ccc(O)cc1Cl. The topological polar surface area (TPSA) is 66.4 Å². The van der Waals surface area contributed by atoms with Gasteiger partial charge in [-0.2, -0.15) is 0 Å². The van der Waals surface area contributed by atoms with Crippen molar-refractivity contribution < 1.29 is 13.5 Å². The zero-order valence-corrected chi connectivity index (χ0v) is 12.2. The molecule has 20 heavy (non-hydrogen) atoms. The molecular formula is C14H14ClNO3S. The Labute approximate surface area is 123 Å². The van der Waals surface area contributed by atoms with Crippen LogP contribution >= 0.6 is 11.6 Å². The Kier molecular flexibility index (Phi) is 4.52. The van der Waals surface area contributed by atoms with Crippen LogP contribution in [0, 0.1) is 0 Å². The summed E-state index contributed by atoms with van der Waals surface area (Å²) in [4.78, 5) is 0. The average molecular weight is 312 g/mol. The summed E-state index contributed by atoms with van der Waals surface area (Å²) in [7, 11) is -3.48. The highest BCUT2D eigenvalue weighted by Crippen LogP contribution is 2.26. The minimum Gasteiger partial charge on any atom is -0.508 e. The van der Waals surface area contributed by atoms with Gasteiger partial charge in [0.05, 0.1) is 16.5 Å². The minimum absolute atomic E-state index is 0.0118.